The quantitative estimate of drug-likeness (QED) is 0.466. The molecule has 0 bridgehead atoms. The van der Waals surface area contributed by atoms with Gasteiger partial charge < -0.3 is 14.6 Å². The molecule has 5 nitrogen and oxygen atoms in total. The Labute approximate surface area is 168 Å². The van der Waals surface area contributed by atoms with Crippen LogP contribution in [0.15, 0.2) is 23.8 Å². The van der Waals surface area contributed by atoms with Crippen LogP contribution in [-0.2, 0) is 14.3 Å². The van der Waals surface area contributed by atoms with Gasteiger partial charge in [0.1, 0.15) is 5.60 Å². The molecule has 2 aliphatic rings. The topological polar surface area (TPSA) is 72.8 Å². The lowest BCUT2D eigenvalue weighted by Gasteiger charge is -2.34. The summed E-state index contributed by atoms with van der Waals surface area (Å²) in [6, 6.07) is 5.10. The zero-order chi connectivity index (χ0) is 19.4. The summed E-state index contributed by atoms with van der Waals surface area (Å²) in [6.07, 6.45) is 5.45. The van der Waals surface area contributed by atoms with Crippen LogP contribution in [0.25, 0.3) is 5.57 Å². The Balaban J connectivity index is 1.90. The molecular weight excluding hydrogens is 391 g/mol. The van der Waals surface area contributed by atoms with Gasteiger partial charge in [-0.25, -0.2) is 9.59 Å². The van der Waals surface area contributed by atoms with Gasteiger partial charge in [0.2, 0.25) is 0 Å². The molecule has 0 saturated heterocycles. The Hall–Kier alpha value is -1.72. The zero-order valence-corrected chi connectivity index (χ0v) is 16.4. The van der Waals surface area contributed by atoms with Gasteiger partial charge in [0.15, 0.2) is 0 Å². The minimum atomic E-state index is -1.27. The van der Waals surface area contributed by atoms with Crippen LogP contribution in [0.3, 0.4) is 0 Å². The van der Waals surface area contributed by atoms with Crippen molar-refractivity contribution in [3.05, 3.63) is 39.4 Å². The van der Waals surface area contributed by atoms with E-state index in [-0.39, 0.29) is 12.6 Å². The van der Waals surface area contributed by atoms with Crippen LogP contribution in [-0.4, -0.2) is 29.4 Å². The van der Waals surface area contributed by atoms with Crippen molar-refractivity contribution in [2.75, 3.05) is 6.61 Å². The van der Waals surface area contributed by atoms with E-state index in [1.165, 1.54) is 0 Å². The van der Waals surface area contributed by atoms with E-state index in [0.717, 1.165) is 37.7 Å². The summed E-state index contributed by atoms with van der Waals surface area (Å²) in [5.74, 6) is -0.335. The number of halogens is 2. The number of carboxylic acid groups (broad SMARTS) is 1. The van der Waals surface area contributed by atoms with Crippen molar-refractivity contribution in [1.82, 2.24) is 0 Å². The Morgan fingerprint density at radius 2 is 1.93 bits per heavy atom. The summed E-state index contributed by atoms with van der Waals surface area (Å²) in [4.78, 5) is 23.3. The van der Waals surface area contributed by atoms with Crippen molar-refractivity contribution >= 4 is 40.9 Å². The molecule has 1 aliphatic carbocycles. The normalized spacial score (nSPS) is 18.7. The second kappa shape index (κ2) is 8.53. The molecule has 0 aromatic heterocycles. The number of unbranched alkanes of at least 4 members (excludes halogenated alkanes) is 1. The fourth-order valence-corrected chi connectivity index (χ4v) is 4.55. The molecule has 0 atom stereocenters. The van der Waals surface area contributed by atoms with Crippen molar-refractivity contribution in [3.63, 3.8) is 0 Å². The van der Waals surface area contributed by atoms with Crippen LogP contribution in [0, 0.1) is 0 Å². The number of carbonyl (C=O) groups excluding carboxylic acids is 1. The van der Waals surface area contributed by atoms with Crippen molar-refractivity contribution in [1.29, 1.82) is 0 Å². The molecule has 7 heteroatoms. The average molecular weight is 413 g/mol. The molecule has 1 saturated carbocycles. The fourth-order valence-electron chi connectivity index (χ4n) is 4.05. The molecule has 1 aromatic rings. The van der Waals surface area contributed by atoms with E-state index >= 15 is 0 Å². The maximum absolute atomic E-state index is 12.8. The molecule has 3 rings (SSSR count). The van der Waals surface area contributed by atoms with Crippen molar-refractivity contribution < 1.29 is 24.2 Å². The van der Waals surface area contributed by atoms with Gasteiger partial charge in [0, 0.05) is 10.6 Å². The maximum Gasteiger partial charge on any atom is 0.505 e. The molecule has 0 amide bonds. The highest BCUT2D eigenvalue weighted by atomic mass is 35.5. The average Bonchev–Trinajstić information content (AvgIpc) is 2.86. The van der Waals surface area contributed by atoms with Crippen LogP contribution in [0.1, 0.15) is 56.9 Å². The predicted octanol–water partition coefficient (Wildman–Crippen LogP) is 5.87. The first-order valence-corrected chi connectivity index (χ1v) is 9.97. The van der Waals surface area contributed by atoms with Gasteiger partial charge in [-0.1, -0.05) is 35.7 Å². The number of ether oxygens (including phenoxy) is 2. The minimum absolute atomic E-state index is 0.140. The highest BCUT2D eigenvalue weighted by Gasteiger charge is 2.47. The van der Waals surface area contributed by atoms with Gasteiger partial charge in [-0.15, -0.1) is 0 Å². The van der Waals surface area contributed by atoms with Gasteiger partial charge in [0.25, 0.3) is 0 Å². The number of rotatable bonds is 6. The Morgan fingerprint density at radius 3 is 2.59 bits per heavy atom. The Bertz CT molecular complexity index is 766. The van der Waals surface area contributed by atoms with E-state index in [1.807, 2.05) is 0 Å². The standard InChI is InChI=1S/C20H22Cl2O5/c21-13-7-8-14(16(22)12-13)17-15(6-2-5-11-26-19(24)25)20(27-18(17)23)9-3-1-4-10-20/h7-8,12H,1-6,9-11H2,(H,24,25). The lowest BCUT2D eigenvalue weighted by atomic mass is 9.76. The monoisotopic (exact) mass is 412 g/mol. The molecule has 1 heterocycles. The van der Waals surface area contributed by atoms with Gasteiger partial charge in [-0.05, 0) is 62.7 Å². The van der Waals surface area contributed by atoms with E-state index < -0.39 is 11.8 Å². The molecule has 1 fully saturated rings. The minimum Gasteiger partial charge on any atom is -0.451 e. The van der Waals surface area contributed by atoms with E-state index in [2.05, 4.69) is 4.74 Å². The molecule has 27 heavy (non-hydrogen) atoms. The third kappa shape index (κ3) is 4.41. The van der Waals surface area contributed by atoms with E-state index in [9.17, 15) is 9.59 Å². The molecule has 1 aromatic carbocycles. The van der Waals surface area contributed by atoms with Crippen LogP contribution in [0.4, 0.5) is 4.79 Å². The molecule has 0 radical (unpaired) electrons. The lowest BCUT2D eigenvalue weighted by molar-refractivity contribution is -0.147. The third-order valence-corrected chi connectivity index (χ3v) is 5.80. The van der Waals surface area contributed by atoms with Crippen LogP contribution in [0.2, 0.25) is 10.0 Å². The fraction of sp³-hybridized carbons (Fsp3) is 0.500. The zero-order valence-electron chi connectivity index (χ0n) is 14.9. The largest absolute Gasteiger partial charge is 0.505 e. The summed E-state index contributed by atoms with van der Waals surface area (Å²) in [5.41, 5.74) is 1.61. The van der Waals surface area contributed by atoms with E-state index in [0.29, 0.717) is 40.4 Å². The highest BCUT2D eigenvalue weighted by Crippen LogP contribution is 2.49. The number of hydrogen-bond acceptors (Lipinski definition) is 4. The van der Waals surface area contributed by atoms with Gasteiger partial charge in [-0.3, -0.25) is 0 Å². The van der Waals surface area contributed by atoms with Crippen LogP contribution < -0.4 is 0 Å². The first-order valence-electron chi connectivity index (χ1n) is 9.21. The summed E-state index contributed by atoms with van der Waals surface area (Å²) in [5, 5.41) is 9.51. The Morgan fingerprint density at radius 1 is 1.19 bits per heavy atom. The summed E-state index contributed by atoms with van der Waals surface area (Å²) < 4.78 is 10.5. The number of esters is 1. The Kier molecular flexibility index (Phi) is 6.33. The molecular formula is C20H22Cl2O5. The van der Waals surface area contributed by atoms with Crippen molar-refractivity contribution in [3.8, 4) is 0 Å². The maximum atomic E-state index is 12.8. The molecule has 1 spiro atoms. The van der Waals surface area contributed by atoms with Crippen LogP contribution in [0.5, 0.6) is 0 Å². The van der Waals surface area contributed by atoms with E-state index in [1.54, 1.807) is 18.2 Å². The second-order valence-corrected chi connectivity index (χ2v) is 7.84. The van der Waals surface area contributed by atoms with Gasteiger partial charge in [0.05, 0.1) is 17.2 Å². The molecule has 1 N–H and O–H groups in total. The van der Waals surface area contributed by atoms with Gasteiger partial charge in [-0.2, -0.15) is 0 Å². The van der Waals surface area contributed by atoms with Crippen molar-refractivity contribution in [2.45, 2.75) is 57.0 Å². The highest BCUT2D eigenvalue weighted by molar-refractivity contribution is 6.37. The second-order valence-electron chi connectivity index (χ2n) is 6.99. The van der Waals surface area contributed by atoms with Gasteiger partial charge >= 0.3 is 12.1 Å². The van der Waals surface area contributed by atoms with E-state index in [4.69, 9.17) is 33.0 Å². The SMILES string of the molecule is O=C(O)OCCCCC1=C(c2ccc(Cl)cc2Cl)C(=O)OC12CCCCC2. The molecule has 0 unspecified atom stereocenters. The summed E-state index contributed by atoms with van der Waals surface area (Å²) in [6.45, 7) is 0.140. The smallest absolute Gasteiger partial charge is 0.451 e. The number of carbonyl (C=O) groups is 2. The number of hydrogen-bond donors (Lipinski definition) is 1. The first-order chi connectivity index (χ1) is 12.9. The summed E-state index contributed by atoms with van der Waals surface area (Å²) in [7, 11) is 0. The predicted molar refractivity (Wildman–Crippen MR) is 103 cm³/mol. The molecule has 146 valence electrons. The van der Waals surface area contributed by atoms with Crippen molar-refractivity contribution in [2.24, 2.45) is 0 Å². The lowest BCUT2D eigenvalue weighted by Crippen LogP contribution is -2.34. The number of benzene rings is 1. The molecule has 1 aliphatic heterocycles. The third-order valence-electron chi connectivity index (χ3n) is 5.25. The summed E-state index contributed by atoms with van der Waals surface area (Å²) >= 11 is 12.4. The first kappa shape index (κ1) is 20.0. The van der Waals surface area contributed by atoms with Crippen LogP contribution >= 0.6 is 23.2 Å².